The molecular formula is C15H20N2O2S2. The lowest BCUT2D eigenvalue weighted by Gasteiger charge is -2.28. The molecule has 6 heteroatoms. The highest BCUT2D eigenvalue weighted by Crippen LogP contribution is 2.26. The normalized spacial score (nSPS) is 11.6. The number of hydrogen-bond acceptors (Lipinski definition) is 5. The van der Waals surface area contributed by atoms with Gasteiger partial charge in [0, 0.05) is 29.4 Å². The van der Waals surface area contributed by atoms with Gasteiger partial charge in [-0.25, -0.2) is 4.98 Å². The number of carbonyl (C=O) groups excluding carboxylic acids is 1. The highest BCUT2D eigenvalue weighted by Gasteiger charge is 2.22. The van der Waals surface area contributed by atoms with Crippen molar-refractivity contribution in [3.05, 3.63) is 27.9 Å². The van der Waals surface area contributed by atoms with Crippen molar-refractivity contribution in [1.29, 1.82) is 0 Å². The fourth-order valence-corrected chi connectivity index (χ4v) is 3.55. The lowest BCUT2D eigenvalue weighted by atomic mass is 10.1. The summed E-state index contributed by atoms with van der Waals surface area (Å²) < 4.78 is 0. The molecule has 0 fully saturated rings. The Morgan fingerprint density at radius 2 is 2.19 bits per heavy atom. The summed E-state index contributed by atoms with van der Waals surface area (Å²) in [6.45, 7) is 6.26. The third kappa shape index (κ3) is 4.62. The number of rotatable bonds is 6. The van der Waals surface area contributed by atoms with Gasteiger partial charge in [0.05, 0.1) is 17.7 Å². The highest BCUT2D eigenvalue weighted by molar-refractivity contribution is 7.14. The molecule has 0 aliphatic heterocycles. The van der Waals surface area contributed by atoms with Gasteiger partial charge in [-0.15, -0.1) is 11.3 Å². The summed E-state index contributed by atoms with van der Waals surface area (Å²) >= 11 is 3.19. The summed E-state index contributed by atoms with van der Waals surface area (Å²) in [5.74, 6) is 0.00166. The maximum atomic E-state index is 12.3. The molecule has 0 spiro atoms. The van der Waals surface area contributed by atoms with E-state index in [-0.39, 0.29) is 12.3 Å². The van der Waals surface area contributed by atoms with E-state index >= 15 is 0 Å². The molecule has 2 rings (SSSR count). The van der Waals surface area contributed by atoms with E-state index < -0.39 is 5.60 Å². The van der Waals surface area contributed by atoms with Crippen LogP contribution >= 0.6 is 22.7 Å². The highest BCUT2D eigenvalue weighted by atomic mass is 32.1. The molecule has 0 aliphatic carbocycles. The summed E-state index contributed by atoms with van der Waals surface area (Å²) in [5, 5.41) is 16.8. The molecule has 0 atom stereocenters. The number of thiazole rings is 1. The molecule has 0 saturated heterocycles. The first-order valence-corrected chi connectivity index (χ1v) is 8.68. The predicted molar refractivity (Wildman–Crippen MR) is 87.7 cm³/mol. The van der Waals surface area contributed by atoms with E-state index in [1.807, 2.05) is 23.8 Å². The fraction of sp³-hybridized carbons (Fsp3) is 0.467. The molecule has 4 nitrogen and oxygen atoms in total. The van der Waals surface area contributed by atoms with Crippen LogP contribution in [-0.4, -0.2) is 39.6 Å². The largest absolute Gasteiger partial charge is 0.389 e. The third-order valence-electron chi connectivity index (χ3n) is 2.96. The molecule has 0 radical (unpaired) electrons. The molecule has 114 valence electrons. The van der Waals surface area contributed by atoms with Crippen LogP contribution in [0.5, 0.6) is 0 Å². The minimum Gasteiger partial charge on any atom is -0.389 e. The van der Waals surface area contributed by atoms with Crippen LogP contribution in [0.15, 0.2) is 22.2 Å². The van der Waals surface area contributed by atoms with E-state index in [0.717, 1.165) is 16.3 Å². The second kappa shape index (κ2) is 6.68. The second-order valence-electron chi connectivity index (χ2n) is 5.55. The number of likely N-dealkylation sites (N-methyl/N-ethyl adjacent to an activating group) is 1. The second-order valence-corrected chi connectivity index (χ2v) is 7.19. The van der Waals surface area contributed by atoms with Crippen LogP contribution in [0.3, 0.4) is 0 Å². The lowest BCUT2D eigenvalue weighted by Crippen LogP contribution is -2.42. The van der Waals surface area contributed by atoms with Crippen LogP contribution in [0.4, 0.5) is 0 Å². The topological polar surface area (TPSA) is 53.4 Å². The summed E-state index contributed by atoms with van der Waals surface area (Å²) in [6, 6.07) is 2.03. The number of amides is 1. The molecule has 0 unspecified atom stereocenters. The summed E-state index contributed by atoms with van der Waals surface area (Å²) in [4.78, 5) is 18.5. The number of hydrogen-bond donors (Lipinski definition) is 1. The first kappa shape index (κ1) is 16.1. The third-order valence-corrected chi connectivity index (χ3v) is 4.59. The fourth-order valence-electron chi connectivity index (χ4n) is 2.02. The van der Waals surface area contributed by atoms with Crippen LogP contribution in [0.25, 0.3) is 10.6 Å². The van der Waals surface area contributed by atoms with Gasteiger partial charge in [-0.05, 0) is 32.2 Å². The van der Waals surface area contributed by atoms with Crippen molar-refractivity contribution in [3.8, 4) is 10.6 Å². The molecule has 21 heavy (non-hydrogen) atoms. The Morgan fingerprint density at radius 3 is 2.76 bits per heavy atom. The van der Waals surface area contributed by atoms with Gasteiger partial charge in [0.25, 0.3) is 0 Å². The Morgan fingerprint density at radius 1 is 1.43 bits per heavy atom. The average Bonchev–Trinajstić information content (AvgIpc) is 3.04. The van der Waals surface area contributed by atoms with E-state index in [0.29, 0.717) is 13.1 Å². The molecular weight excluding hydrogens is 304 g/mol. The smallest absolute Gasteiger partial charge is 0.228 e. The van der Waals surface area contributed by atoms with Gasteiger partial charge in [0.15, 0.2) is 0 Å². The monoisotopic (exact) mass is 324 g/mol. The first-order valence-electron chi connectivity index (χ1n) is 6.86. The zero-order valence-corrected chi connectivity index (χ0v) is 14.1. The van der Waals surface area contributed by atoms with E-state index in [9.17, 15) is 9.90 Å². The minimum absolute atomic E-state index is 0.00166. The van der Waals surface area contributed by atoms with Crippen LogP contribution in [0.2, 0.25) is 0 Å². The van der Waals surface area contributed by atoms with Gasteiger partial charge < -0.3 is 10.0 Å². The van der Waals surface area contributed by atoms with E-state index in [1.165, 1.54) is 0 Å². The van der Waals surface area contributed by atoms with Crippen molar-refractivity contribution in [2.45, 2.75) is 32.8 Å². The molecule has 2 aromatic rings. The molecule has 1 amide bonds. The van der Waals surface area contributed by atoms with Gasteiger partial charge in [0.2, 0.25) is 5.91 Å². The molecule has 0 aromatic carbocycles. The van der Waals surface area contributed by atoms with Gasteiger partial charge in [-0.3, -0.25) is 4.79 Å². The molecule has 2 heterocycles. The first-order chi connectivity index (χ1) is 9.89. The van der Waals surface area contributed by atoms with Crippen molar-refractivity contribution in [2.75, 3.05) is 13.1 Å². The number of thiophene rings is 1. The molecule has 2 aromatic heterocycles. The summed E-state index contributed by atoms with van der Waals surface area (Å²) in [5.41, 5.74) is 1.02. The average molecular weight is 324 g/mol. The zero-order chi connectivity index (χ0) is 15.5. The maximum absolute atomic E-state index is 12.3. The zero-order valence-electron chi connectivity index (χ0n) is 12.5. The lowest BCUT2D eigenvalue weighted by molar-refractivity contribution is -0.133. The number of nitrogens with zero attached hydrogens (tertiary/aromatic N) is 2. The van der Waals surface area contributed by atoms with Crippen molar-refractivity contribution < 1.29 is 9.90 Å². The predicted octanol–water partition coefficient (Wildman–Crippen LogP) is 3.03. The Hall–Kier alpha value is -1.24. The van der Waals surface area contributed by atoms with Crippen LogP contribution < -0.4 is 0 Å². The number of aromatic nitrogens is 1. The van der Waals surface area contributed by atoms with Crippen molar-refractivity contribution in [1.82, 2.24) is 9.88 Å². The van der Waals surface area contributed by atoms with Crippen molar-refractivity contribution in [3.63, 3.8) is 0 Å². The van der Waals surface area contributed by atoms with E-state index in [2.05, 4.69) is 10.4 Å². The summed E-state index contributed by atoms with van der Waals surface area (Å²) in [6.07, 6.45) is 0.282. The Kier molecular flexibility index (Phi) is 5.13. The molecule has 0 aliphatic rings. The standard InChI is InChI=1S/C15H20N2O2S2/c1-4-17(10-15(2,3)19)13(18)7-12-9-21-14(16-12)11-5-6-20-8-11/h5-6,8-9,19H,4,7,10H2,1-3H3. The van der Waals surface area contributed by atoms with Gasteiger partial charge in [-0.2, -0.15) is 11.3 Å². The molecule has 0 bridgehead atoms. The SMILES string of the molecule is CCN(CC(C)(C)O)C(=O)Cc1csc(-c2ccsc2)n1. The Labute approximate surface area is 133 Å². The number of carbonyl (C=O) groups is 1. The Bertz CT molecular complexity index is 585. The van der Waals surface area contributed by atoms with E-state index in [1.54, 1.807) is 41.4 Å². The van der Waals surface area contributed by atoms with Crippen molar-refractivity contribution >= 4 is 28.6 Å². The van der Waals surface area contributed by atoms with Gasteiger partial charge in [-0.1, -0.05) is 0 Å². The van der Waals surface area contributed by atoms with Gasteiger partial charge in [0.1, 0.15) is 5.01 Å². The quantitative estimate of drug-likeness (QED) is 0.888. The summed E-state index contributed by atoms with van der Waals surface area (Å²) in [7, 11) is 0. The Balaban J connectivity index is 2.02. The van der Waals surface area contributed by atoms with Crippen molar-refractivity contribution in [2.24, 2.45) is 0 Å². The van der Waals surface area contributed by atoms with E-state index in [4.69, 9.17) is 0 Å². The van der Waals surface area contributed by atoms with Gasteiger partial charge >= 0.3 is 0 Å². The van der Waals surface area contributed by atoms with Crippen LogP contribution in [-0.2, 0) is 11.2 Å². The molecule has 1 N–H and O–H groups in total. The molecule has 0 saturated carbocycles. The number of aliphatic hydroxyl groups is 1. The maximum Gasteiger partial charge on any atom is 0.228 e. The van der Waals surface area contributed by atoms with Crippen LogP contribution in [0.1, 0.15) is 26.5 Å². The van der Waals surface area contributed by atoms with Crippen LogP contribution in [0, 0.1) is 0 Å². The minimum atomic E-state index is -0.879.